The van der Waals surface area contributed by atoms with Crippen LogP contribution in [0.2, 0.25) is 0 Å². The van der Waals surface area contributed by atoms with Crippen LogP contribution in [-0.4, -0.2) is 21.3 Å². The molecule has 1 aromatic carbocycles. The maximum absolute atomic E-state index is 11.7. The number of nitrogens with one attached hydrogen (secondary N) is 2. The lowest BCUT2D eigenvalue weighted by Crippen LogP contribution is -2.16. The van der Waals surface area contributed by atoms with E-state index in [9.17, 15) is 4.79 Å². The molecule has 2 aromatic rings. The molecule has 112 valence electrons. The molecule has 0 spiro atoms. The van der Waals surface area contributed by atoms with Crippen molar-refractivity contribution in [3.63, 3.8) is 0 Å². The predicted molar refractivity (Wildman–Crippen MR) is 83.7 cm³/mol. The van der Waals surface area contributed by atoms with Crippen molar-refractivity contribution in [2.75, 3.05) is 6.54 Å². The molecule has 0 unspecified atom stereocenters. The Balaban J connectivity index is 1.66. The molecule has 1 aromatic heterocycles. The Morgan fingerprint density at radius 1 is 1.38 bits per heavy atom. The lowest BCUT2D eigenvalue weighted by Gasteiger charge is -2.06. The van der Waals surface area contributed by atoms with E-state index in [1.165, 1.54) is 5.56 Å². The molecule has 3 rings (SSSR count). The number of rotatable bonds is 7. The SMILES string of the molecule is CCCNCc1ccc(Sc2n[nH]c(=O)n2C2CC2)cc1. The first-order valence-corrected chi connectivity index (χ1v) is 8.24. The molecule has 6 heteroatoms. The predicted octanol–water partition coefficient (Wildman–Crippen LogP) is 2.56. The van der Waals surface area contributed by atoms with Crippen molar-refractivity contribution in [1.82, 2.24) is 20.1 Å². The van der Waals surface area contributed by atoms with Crippen molar-refractivity contribution in [2.45, 2.75) is 48.8 Å². The molecular formula is C15H20N4OS. The normalized spacial score (nSPS) is 14.5. The van der Waals surface area contributed by atoms with E-state index in [2.05, 4.69) is 46.7 Å². The van der Waals surface area contributed by atoms with Crippen LogP contribution in [0.15, 0.2) is 39.1 Å². The average Bonchev–Trinajstić information content (AvgIpc) is 3.26. The molecule has 1 saturated carbocycles. The summed E-state index contributed by atoms with van der Waals surface area (Å²) in [5, 5.41) is 10.8. The molecule has 1 aliphatic carbocycles. The average molecular weight is 304 g/mol. The number of nitrogens with zero attached hydrogens (tertiary/aromatic N) is 2. The first-order valence-electron chi connectivity index (χ1n) is 7.42. The molecule has 1 heterocycles. The summed E-state index contributed by atoms with van der Waals surface area (Å²) in [5.41, 5.74) is 1.18. The highest BCUT2D eigenvalue weighted by molar-refractivity contribution is 7.99. The van der Waals surface area contributed by atoms with E-state index in [4.69, 9.17) is 0 Å². The summed E-state index contributed by atoms with van der Waals surface area (Å²) in [6.45, 7) is 4.10. The first kappa shape index (κ1) is 14.4. The quantitative estimate of drug-likeness (QED) is 0.772. The van der Waals surface area contributed by atoms with Gasteiger partial charge >= 0.3 is 5.69 Å². The molecule has 5 nitrogen and oxygen atoms in total. The molecule has 0 atom stereocenters. The van der Waals surface area contributed by atoms with Crippen LogP contribution in [0.1, 0.15) is 37.8 Å². The van der Waals surface area contributed by atoms with Crippen molar-refractivity contribution in [1.29, 1.82) is 0 Å². The van der Waals surface area contributed by atoms with Crippen molar-refractivity contribution >= 4 is 11.8 Å². The van der Waals surface area contributed by atoms with E-state index in [0.717, 1.165) is 42.4 Å². The summed E-state index contributed by atoms with van der Waals surface area (Å²) in [6, 6.07) is 8.76. The van der Waals surface area contributed by atoms with Crippen LogP contribution in [0.3, 0.4) is 0 Å². The van der Waals surface area contributed by atoms with Crippen LogP contribution in [0.5, 0.6) is 0 Å². The van der Waals surface area contributed by atoms with E-state index in [0.29, 0.717) is 6.04 Å². The van der Waals surface area contributed by atoms with Crippen LogP contribution in [0.4, 0.5) is 0 Å². The summed E-state index contributed by atoms with van der Waals surface area (Å²) in [5.74, 6) is 0. The monoisotopic (exact) mass is 304 g/mol. The van der Waals surface area contributed by atoms with Crippen LogP contribution in [0, 0.1) is 0 Å². The summed E-state index contributed by atoms with van der Waals surface area (Å²) in [4.78, 5) is 12.8. The van der Waals surface area contributed by atoms with Gasteiger partial charge in [0.25, 0.3) is 0 Å². The molecule has 0 aliphatic heterocycles. The van der Waals surface area contributed by atoms with E-state index >= 15 is 0 Å². The van der Waals surface area contributed by atoms with E-state index in [-0.39, 0.29) is 5.69 Å². The smallest absolute Gasteiger partial charge is 0.313 e. The molecule has 1 fully saturated rings. The van der Waals surface area contributed by atoms with Crippen LogP contribution in [0.25, 0.3) is 0 Å². The van der Waals surface area contributed by atoms with Crippen molar-refractivity contribution < 1.29 is 0 Å². The second-order valence-corrected chi connectivity index (χ2v) is 6.38. The Labute approximate surface area is 128 Å². The highest BCUT2D eigenvalue weighted by atomic mass is 32.2. The van der Waals surface area contributed by atoms with Crippen LogP contribution >= 0.6 is 11.8 Å². The van der Waals surface area contributed by atoms with Crippen molar-refractivity contribution in [3.8, 4) is 0 Å². The third kappa shape index (κ3) is 3.57. The largest absolute Gasteiger partial charge is 0.344 e. The summed E-state index contributed by atoms with van der Waals surface area (Å²) in [6.07, 6.45) is 3.30. The van der Waals surface area contributed by atoms with Gasteiger partial charge in [-0.2, -0.15) is 0 Å². The topological polar surface area (TPSA) is 62.7 Å². The van der Waals surface area contributed by atoms with Gasteiger partial charge in [0.15, 0.2) is 5.16 Å². The third-order valence-corrected chi connectivity index (χ3v) is 4.45. The fourth-order valence-corrected chi connectivity index (χ4v) is 3.11. The summed E-state index contributed by atoms with van der Waals surface area (Å²) in [7, 11) is 0. The zero-order chi connectivity index (χ0) is 14.7. The summed E-state index contributed by atoms with van der Waals surface area (Å²) >= 11 is 1.54. The standard InChI is InChI=1S/C15H20N4OS/c1-2-9-16-10-11-3-7-13(8-4-11)21-15-18-17-14(20)19(15)12-5-6-12/h3-4,7-8,12,16H,2,5-6,9-10H2,1H3,(H,17,20). The lowest BCUT2D eigenvalue weighted by atomic mass is 10.2. The number of benzene rings is 1. The second kappa shape index (κ2) is 6.49. The fraction of sp³-hybridized carbons (Fsp3) is 0.467. The van der Waals surface area contributed by atoms with E-state index in [1.54, 1.807) is 16.3 Å². The van der Waals surface area contributed by atoms with E-state index in [1.807, 2.05) is 0 Å². The zero-order valence-corrected chi connectivity index (χ0v) is 12.9. The molecule has 21 heavy (non-hydrogen) atoms. The number of H-pyrrole nitrogens is 1. The summed E-state index contributed by atoms with van der Waals surface area (Å²) < 4.78 is 1.78. The maximum Gasteiger partial charge on any atom is 0.344 e. The highest BCUT2D eigenvalue weighted by Gasteiger charge is 2.28. The molecule has 0 radical (unpaired) electrons. The molecular weight excluding hydrogens is 284 g/mol. The minimum absolute atomic E-state index is 0.0969. The molecule has 0 saturated heterocycles. The molecule has 2 N–H and O–H groups in total. The van der Waals surface area contributed by atoms with Gasteiger partial charge in [0, 0.05) is 17.5 Å². The van der Waals surface area contributed by atoms with Crippen LogP contribution < -0.4 is 11.0 Å². The zero-order valence-electron chi connectivity index (χ0n) is 12.1. The van der Waals surface area contributed by atoms with Gasteiger partial charge in [-0.15, -0.1) is 5.10 Å². The molecule has 1 aliphatic rings. The second-order valence-electron chi connectivity index (χ2n) is 5.34. The molecule has 0 bridgehead atoms. The lowest BCUT2D eigenvalue weighted by molar-refractivity contribution is 0.642. The number of hydrogen-bond donors (Lipinski definition) is 2. The van der Waals surface area contributed by atoms with Gasteiger partial charge in [-0.25, -0.2) is 9.89 Å². The van der Waals surface area contributed by atoms with Gasteiger partial charge in [0.05, 0.1) is 0 Å². The van der Waals surface area contributed by atoms with Gasteiger partial charge in [-0.1, -0.05) is 19.1 Å². The first-order chi connectivity index (χ1) is 10.3. The number of aromatic amines is 1. The van der Waals surface area contributed by atoms with Gasteiger partial charge in [-0.3, -0.25) is 4.57 Å². The molecule has 0 amide bonds. The Bertz CT molecular complexity index is 642. The Kier molecular flexibility index (Phi) is 4.45. The number of hydrogen-bond acceptors (Lipinski definition) is 4. The van der Waals surface area contributed by atoms with Gasteiger partial charge in [0.2, 0.25) is 0 Å². The Morgan fingerprint density at radius 2 is 2.14 bits per heavy atom. The van der Waals surface area contributed by atoms with Crippen molar-refractivity contribution in [2.24, 2.45) is 0 Å². The minimum atomic E-state index is -0.0969. The van der Waals surface area contributed by atoms with Crippen LogP contribution in [-0.2, 0) is 6.54 Å². The van der Waals surface area contributed by atoms with E-state index < -0.39 is 0 Å². The Morgan fingerprint density at radius 3 is 2.81 bits per heavy atom. The van der Waals surface area contributed by atoms with Gasteiger partial charge in [0.1, 0.15) is 0 Å². The van der Waals surface area contributed by atoms with Gasteiger partial charge < -0.3 is 5.32 Å². The fourth-order valence-electron chi connectivity index (χ4n) is 2.21. The third-order valence-electron chi connectivity index (χ3n) is 3.47. The Hall–Kier alpha value is -1.53. The minimum Gasteiger partial charge on any atom is -0.313 e. The van der Waals surface area contributed by atoms with Crippen molar-refractivity contribution in [3.05, 3.63) is 40.3 Å². The number of aromatic nitrogens is 3. The van der Waals surface area contributed by atoms with Gasteiger partial charge in [-0.05, 0) is 55.3 Å². The highest BCUT2D eigenvalue weighted by Crippen LogP contribution is 2.37. The maximum atomic E-state index is 11.7.